The van der Waals surface area contributed by atoms with E-state index in [2.05, 4.69) is 20.4 Å². The Hall–Kier alpha value is -3.72. The van der Waals surface area contributed by atoms with E-state index >= 15 is 0 Å². The van der Waals surface area contributed by atoms with Crippen molar-refractivity contribution in [3.8, 4) is 17.1 Å². The lowest BCUT2D eigenvalue weighted by molar-refractivity contribution is -0.121. The second kappa shape index (κ2) is 10.3. The molecule has 3 heterocycles. The number of hydrogen-bond donors (Lipinski definition) is 1. The molecule has 0 spiro atoms. The van der Waals surface area contributed by atoms with Crippen molar-refractivity contribution >= 4 is 23.2 Å². The summed E-state index contributed by atoms with van der Waals surface area (Å²) in [7, 11) is 1.63. The molecule has 9 nitrogen and oxygen atoms in total. The molecule has 3 aromatic rings. The summed E-state index contributed by atoms with van der Waals surface area (Å²) in [6.45, 7) is 2.77. The number of piperidine rings is 1. The van der Waals surface area contributed by atoms with Gasteiger partial charge < -0.3 is 19.5 Å². The molecular weight excluding hydrogens is 446 g/mol. The van der Waals surface area contributed by atoms with Gasteiger partial charge >= 0.3 is 0 Å². The Morgan fingerprint density at radius 1 is 1.11 bits per heavy atom. The maximum atomic E-state index is 12.9. The monoisotopic (exact) mass is 475 g/mol. The van der Waals surface area contributed by atoms with E-state index < -0.39 is 0 Å². The van der Waals surface area contributed by atoms with Crippen LogP contribution in [0.1, 0.15) is 31.6 Å². The highest BCUT2D eigenvalue weighted by atomic mass is 16.5. The van der Waals surface area contributed by atoms with Gasteiger partial charge in [-0.05, 0) is 74.3 Å². The van der Waals surface area contributed by atoms with Gasteiger partial charge in [0, 0.05) is 36.4 Å². The zero-order chi connectivity index (χ0) is 24.2. The zero-order valence-electron chi connectivity index (χ0n) is 19.8. The van der Waals surface area contributed by atoms with E-state index in [1.54, 1.807) is 12.0 Å². The molecule has 0 radical (unpaired) electrons. The number of likely N-dealkylation sites (tertiary alicyclic amines) is 1. The first kappa shape index (κ1) is 23.0. The molecule has 1 unspecified atom stereocenters. The minimum absolute atomic E-state index is 0.00384. The number of rotatable bonds is 7. The first-order valence-electron chi connectivity index (χ1n) is 12.0. The Labute approximate surface area is 204 Å². The van der Waals surface area contributed by atoms with Gasteiger partial charge in [-0.2, -0.15) is 4.98 Å². The van der Waals surface area contributed by atoms with Crippen LogP contribution in [0.2, 0.25) is 0 Å². The van der Waals surface area contributed by atoms with Crippen molar-refractivity contribution in [2.24, 2.45) is 5.92 Å². The number of hydrogen-bond acceptors (Lipinski definition) is 7. The molecule has 2 aromatic carbocycles. The zero-order valence-corrected chi connectivity index (χ0v) is 19.8. The summed E-state index contributed by atoms with van der Waals surface area (Å²) >= 11 is 0. The van der Waals surface area contributed by atoms with Crippen LogP contribution in [-0.4, -0.2) is 53.6 Å². The molecule has 35 heavy (non-hydrogen) atoms. The Kier molecular flexibility index (Phi) is 6.76. The Balaban J connectivity index is 1.16. The molecule has 1 N–H and O–H groups in total. The van der Waals surface area contributed by atoms with Gasteiger partial charge in [0.25, 0.3) is 0 Å². The van der Waals surface area contributed by atoms with Gasteiger partial charge in [-0.3, -0.25) is 14.5 Å². The summed E-state index contributed by atoms with van der Waals surface area (Å²) in [6.07, 6.45) is 3.25. The van der Waals surface area contributed by atoms with Crippen molar-refractivity contribution in [2.45, 2.75) is 32.2 Å². The number of ether oxygens (including phenoxy) is 1. The molecule has 0 saturated carbocycles. The number of carbonyl (C=O) groups is 2. The van der Waals surface area contributed by atoms with E-state index in [1.165, 1.54) is 0 Å². The third-order valence-corrected chi connectivity index (χ3v) is 6.57. The van der Waals surface area contributed by atoms with Crippen LogP contribution in [0, 0.1) is 5.92 Å². The second-order valence-corrected chi connectivity index (χ2v) is 9.00. The van der Waals surface area contributed by atoms with Crippen LogP contribution in [-0.2, 0) is 16.1 Å². The van der Waals surface area contributed by atoms with Gasteiger partial charge in [-0.15, -0.1) is 0 Å². The molecular formula is C26H29N5O4. The quantitative estimate of drug-likeness (QED) is 0.556. The van der Waals surface area contributed by atoms with Crippen LogP contribution in [0.5, 0.6) is 5.75 Å². The van der Waals surface area contributed by atoms with Gasteiger partial charge in [0.05, 0.1) is 19.6 Å². The molecule has 2 amide bonds. The van der Waals surface area contributed by atoms with Crippen molar-refractivity contribution in [3.63, 3.8) is 0 Å². The van der Waals surface area contributed by atoms with E-state index in [9.17, 15) is 9.59 Å². The van der Waals surface area contributed by atoms with Crippen molar-refractivity contribution in [2.75, 3.05) is 37.0 Å². The molecule has 0 bridgehead atoms. The summed E-state index contributed by atoms with van der Waals surface area (Å²) in [5, 5.41) is 7.13. The van der Waals surface area contributed by atoms with Gasteiger partial charge in [0.1, 0.15) is 5.75 Å². The fourth-order valence-corrected chi connectivity index (χ4v) is 4.67. The van der Waals surface area contributed by atoms with Gasteiger partial charge in [0.15, 0.2) is 0 Å². The van der Waals surface area contributed by atoms with Crippen molar-refractivity contribution in [3.05, 3.63) is 54.4 Å². The molecule has 2 fully saturated rings. The molecule has 2 saturated heterocycles. The smallest absolute Gasteiger partial charge is 0.241 e. The maximum absolute atomic E-state index is 12.9. The Bertz CT molecular complexity index is 1180. The highest BCUT2D eigenvalue weighted by Gasteiger charge is 2.27. The Morgan fingerprint density at radius 2 is 1.91 bits per heavy atom. The highest BCUT2D eigenvalue weighted by Crippen LogP contribution is 2.25. The molecule has 5 rings (SSSR count). The predicted octanol–water partition coefficient (Wildman–Crippen LogP) is 3.72. The van der Waals surface area contributed by atoms with Crippen molar-refractivity contribution in [1.82, 2.24) is 15.0 Å². The van der Waals surface area contributed by atoms with Crippen LogP contribution < -0.4 is 15.0 Å². The number of carbonyl (C=O) groups excluding carboxylic acids is 2. The fourth-order valence-electron chi connectivity index (χ4n) is 4.67. The van der Waals surface area contributed by atoms with E-state index in [4.69, 9.17) is 9.26 Å². The number of amides is 2. The topological polar surface area (TPSA) is 101 Å². The van der Waals surface area contributed by atoms with Crippen LogP contribution in [0.4, 0.5) is 11.4 Å². The van der Waals surface area contributed by atoms with Crippen LogP contribution in [0.15, 0.2) is 53.1 Å². The number of nitrogens with zero attached hydrogens (tertiary/aromatic N) is 4. The average molecular weight is 476 g/mol. The normalized spacial score (nSPS) is 18.6. The molecule has 1 aromatic heterocycles. The minimum atomic E-state index is -0.118. The van der Waals surface area contributed by atoms with E-state index in [-0.39, 0.29) is 17.7 Å². The third kappa shape index (κ3) is 5.35. The van der Waals surface area contributed by atoms with Crippen molar-refractivity contribution in [1.29, 1.82) is 0 Å². The average Bonchev–Trinajstić information content (AvgIpc) is 3.54. The maximum Gasteiger partial charge on any atom is 0.241 e. The number of aromatic nitrogens is 2. The van der Waals surface area contributed by atoms with Crippen LogP contribution in [0.25, 0.3) is 11.4 Å². The first-order valence-corrected chi connectivity index (χ1v) is 12.0. The summed E-state index contributed by atoms with van der Waals surface area (Å²) in [5.41, 5.74) is 2.48. The largest absolute Gasteiger partial charge is 0.497 e. The minimum Gasteiger partial charge on any atom is -0.497 e. The number of anilines is 2. The first-order chi connectivity index (χ1) is 17.1. The van der Waals surface area contributed by atoms with E-state index in [1.807, 2.05) is 48.5 Å². The molecule has 2 aliphatic rings. The fraction of sp³-hybridized carbons (Fsp3) is 0.385. The lowest BCUT2D eigenvalue weighted by Gasteiger charge is -2.30. The molecule has 1 atom stereocenters. The summed E-state index contributed by atoms with van der Waals surface area (Å²) in [6, 6.07) is 15.0. The van der Waals surface area contributed by atoms with E-state index in [0.717, 1.165) is 55.0 Å². The molecule has 0 aliphatic carbocycles. The molecule has 182 valence electrons. The SMILES string of the molecule is COc1ccc(-c2noc(CN3CCCC(C(=O)Nc4ccc(N5CCCC5=O)cc4)C3)n2)cc1. The number of benzene rings is 2. The van der Waals surface area contributed by atoms with Gasteiger partial charge in [-0.25, -0.2) is 0 Å². The Morgan fingerprint density at radius 3 is 2.63 bits per heavy atom. The highest BCUT2D eigenvalue weighted by molar-refractivity contribution is 5.96. The van der Waals surface area contributed by atoms with Gasteiger partial charge in [-0.1, -0.05) is 5.16 Å². The lowest BCUT2D eigenvalue weighted by Crippen LogP contribution is -2.40. The third-order valence-electron chi connectivity index (χ3n) is 6.57. The number of nitrogens with one attached hydrogen (secondary N) is 1. The van der Waals surface area contributed by atoms with E-state index in [0.29, 0.717) is 31.2 Å². The van der Waals surface area contributed by atoms with Crippen LogP contribution in [0.3, 0.4) is 0 Å². The summed E-state index contributed by atoms with van der Waals surface area (Å²) in [4.78, 5) is 33.4. The molecule has 2 aliphatic heterocycles. The van der Waals surface area contributed by atoms with Gasteiger partial charge in [0.2, 0.25) is 23.5 Å². The molecule has 9 heteroatoms. The summed E-state index contributed by atoms with van der Waals surface area (Å²) < 4.78 is 10.7. The predicted molar refractivity (Wildman–Crippen MR) is 131 cm³/mol. The lowest BCUT2D eigenvalue weighted by atomic mass is 9.97. The van der Waals surface area contributed by atoms with Crippen LogP contribution >= 0.6 is 0 Å². The van der Waals surface area contributed by atoms with Crippen molar-refractivity contribution < 1.29 is 18.8 Å². The second-order valence-electron chi connectivity index (χ2n) is 9.00. The summed E-state index contributed by atoms with van der Waals surface area (Å²) in [5.74, 6) is 1.88. The standard InChI is InChI=1S/C26H29N5O4/c1-34-22-12-6-18(7-13-22)25-28-23(35-29-25)17-30-14-2-4-19(16-30)26(33)27-20-8-10-21(11-9-20)31-15-3-5-24(31)32/h6-13,19H,2-5,14-17H2,1H3,(H,27,33). The number of methoxy groups -OCH3 is 1.